The normalized spacial score (nSPS) is 15.7. The summed E-state index contributed by atoms with van der Waals surface area (Å²) in [6.07, 6.45) is 5.69. The van der Waals surface area contributed by atoms with Crippen LogP contribution < -0.4 is 14.8 Å². The molecule has 0 heterocycles. The molecular formula is C27H32N2O4S. The van der Waals surface area contributed by atoms with Gasteiger partial charge in [-0.3, -0.25) is 4.79 Å². The molecule has 0 radical (unpaired) electrons. The van der Waals surface area contributed by atoms with Crippen LogP contribution in [-0.2, 0) is 21.4 Å². The van der Waals surface area contributed by atoms with Crippen molar-refractivity contribution in [3.8, 4) is 5.75 Å². The van der Waals surface area contributed by atoms with Crippen LogP contribution in [-0.4, -0.2) is 20.4 Å². The molecule has 0 aromatic heterocycles. The summed E-state index contributed by atoms with van der Waals surface area (Å²) in [5.41, 5.74) is 1.53. The zero-order chi connectivity index (χ0) is 24.1. The van der Waals surface area contributed by atoms with E-state index in [2.05, 4.69) is 10.0 Å². The summed E-state index contributed by atoms with van der Waals surface area (Å²) < 4.78 is 35.7. The van der Waals surface area contributed by atoms with Crippen molar-refractivity contribution < 1.29 is 17.9 Å². The molecule has 0 spiro atoms. The van der Waals surface area contributed by atoms with E-state index in [0.717, 1.165) is 36.6 Å². The number of anilines is 1. The first-order chi connectivity index (χ1) is 16.3. The summed E-state index contributed by atoms with van der Waals surface area (Å²) in [6.45, 7) is 3.68. The second-order valence-corrected chi connectivity index (χ2v) is 10.7. The van der Waals surface area contributed by atoms with Crippen LogP contribution >= 0.6 is 0 Å². The number of rotatable bonds is 8. The van der Waals surface area contributed by atoms with Crippen molar-refractivity contribution in [1.29, 1.82) is 0 Å². The van der Waals surface area contributed by atoms with Gasteiger partial charge in [-0.2, -0.15) is 0 Å². The van der Waals surface area contributed by atoms with E-state index in [9.17, 15) is 13.2 Å². The molecule has 0 saturated heterocycles. The predicted octanol–water partition coefficient (Wildman–Crippen LogP) is 5.62. The molecule has 2 N–H and O–H groups in total. The molecule has 6 nitrogen and oxygen atoms in total. The molecule has 34 heavy (non-hydrogen) atoms. The van der Waals surface area contributed by atoms with Crippen LogP contribution in [0.1, 0.15) is 51.5 Å². The Morgan fingerprint density at radius 1 is 0.971 bits per heavy atom. The summed E-state index contributed by atoms with van der Waals surface area (Å²) in [5.74, 6) is 0.816. The van der Waals surface area contributed by atoms with Crippen LogP contribution in [0.4, 0.5) is 5.69 Å². The molecule has 1 saturated carbocycles. The molecular weight excluding hydrogens is 448 g/mol. The number of ether oxygens (including phenoxy) is 1. The number of carbonyl (C=O) groups excluding carboxylic acids is 1. The second kappa shape index (κ2) is 10.6. The highest BCUT2D eigenvalue weighted by Crippen LogP contribution is 2.33. The van der Waals surface area contributed by atoms with Crippen LogP contribution in [0.2, 0.25) is 0 Å². The zero-order valence-corrected chi connectivity index (χ0v) is 20.5. The van der Waals surface area contributed by atoms with E-state index in [1.807, 2.05) is 55.5 Å². The standard InChI is InChI=1S/C27H32N2O4S/c1-19(21-10-4-3-5-11-21)29-34(31,32)27-17-16-26(23-13-7-8-14-24(23)27)33-18-22-12-6-9-15-25(22)28-20(2)30/h6-9,12-17,19,21,29H,3-5,10-11,18H2,1-2H3,(H,28,30). The van der Waals surface area contributed by atoms with E-state index in [0.29, 0.717) is 22.7 Å². The van der Waals surface area contributed by atoms with Crippen LogP contribution in [0.5, 0.6) is 5.75 Å². The first-order valence-corrected chi connectivity index (χ1v) is 13.4. The van der Waals surface area contributed by atoms with Crippen LogP contribution in [0.25, 0.3) is 10.8 Å². The van der Waals surface area contributed by atoms with Gasteiger partial charge in [-0.05, 0) is 43.9 Å². The van der Waals surface area contributed by atoms with Gasteiger partial charge in [0.2, 0.25) is 15.9 Å². The monoisotopic (exact) mass is 480 g/mol. The molecule has 3 aromatic carbocycles. The van der Waals surface area contributed by atoms with Gasteiger partial charge in [-0.25, -0.2) is 13.1 Å². The molecule has 180 valence electrons. The molecule has 0 aliphatic heterocycles. The van der Waals surface area contributed by atoms with Crippen molar-refractivity contribution in [1.82, 2.24) is 4.72 Å². The Morgan fingerprint density at radius 3 is 2.38 bits per heavy atom. The number of amides is 1. The average molecular weight is 481 g/mol. The van der Waals surface area contributed by atoms with Gasteiger partial charge in [0.05, 0.1) is 4.90 Å². The maximum absolute atomic E-state index is 13.3. The molecule has 4 rings (SSSR count). The van der Waals surface area contributed by atoms with Crippen LogP contribution in [0.3, 0.4) is 0 Å². The van der Waals surface area contributed by atoms with Crippen molar-refractivity contribution in [3.63, 3.8) is 0 Å². The number of hydrogen-bond donors (Lipinski definition) is 2. The summed E-state index contributed by atoms with van der Waals surface area (Å²) in [6, 6.07) is 18.1. The number of benzene rings is 3. The number of fused-ring (bicyclic) bond motifs is 1. The van der Waals surface area contributed by atoms with Crippen molar-refractivity contribution in [2.75, 3.05) is 5.32 Å². The van der Waals surface area contributed by atoms with E-state index < -0.39 is 10.0 Å². The lowest BCUT2D eigenvalue weighted by molar-refractivity contribution is -0.114. The van der Waals surface area contributed by atoms with E-state index in [-0.39, 0.29) is 23.5 Å². The number of sulfonamides is 1. The Kier molecular flexibility index (Phi) is 7.54. The highest BCUT2D eigenvalue weighted by atomic mass is 32.2. The fourth-order valence-corrected chi connectivity index (χ4v) is 6.28. The lowest BCUT2D eigenvalue weighted by atomic mass is 9.85. The summed E-state index contributed by atoms with van der Waals surface area (Å²) in [5, 5.41) is 4.17. The fraction of sp³-hybridized carbons (Fsp3) is 0.370. The van der Waals surface area contributed by atoms with E-state index >= 15 is 0 Å². The third-order valence-electron chi connectivity index (χ3n) is 6.54. The van der Waals surface area contributed by atoms with Crippen LogP contribution in [0, 0.1) is 5.92 Å². The third-order valence-corrected chi connectivity index (χ3v) is 8.16. The molecule has 1 fully saturated rings. The topological polar surface area (TPSA) is 84.5 Å². The smallest absolute Gasteiger partial charge is 0.241 e. The van der Waals surface area contributed by atoms with Gasteiger partial charge < -0.3 is 10.1 Å². The average Bonchev–Trinajstić information content (AvgIpc) is 2.83. The van der Waals surface area contributed by atoms with Gasteiger partial charge in [-0.1, -0.05) is 61.7 Å². The SMILES string of the molecule is CC(=O)Nc1ccccc1COc1ccc(S(=O)(=O)NC(C)C2CCCCC2)c2ccccc12. The molecule has 1 amide bonds. The van der Waals surface area contributed by atoms with Gasteiger partial charge in [0.25, 0.3) is 0 Å². The Morgan fingerprint density at radius 2 is 1.65 bits per heavy atom. The minimum Gasteiger partial charge on any atom is -0.488 e. The lowest BCUT2D eigenvalue weighted by Gasteiger charge is -2.28. The van der Waals surface area contributed by atoms with Gasteiger partial charge in [0, 0.05) is 35.0 Å². The first kappa shape index (κ1) is 24.2. The maximum atomic E-state index is 13.3. The lowest BCUT2D eigenvalue weighted by Crippen LogP contribution is -2.38. The van der Waals surface area contributed by atoms with E-state index in [1.54, 1.807) is 12.1 Å². The number of para-hydroxylation sites is 1. The van der Waals surface area contributed by atoms with Gasteiger partial charge >= 0.3 is 0 Å². The van der Waals surface area contributed by atoms with Gasteiger partial charge in [0.15, 0.2) is 0 Å². The number of hydrogen-bond acceptors (Lipinski definition) is 4. The minimum absolute atomic E-state index is 0.106. The Hall–Kier alpha value is -2.90. The largest absolute Gasteiger partial charge is 0.488 e. The highest BCUT2D eigenvalue weighted by Gasteiger charge is 2.26. The van der Waals surface area contributed by atoms with Crippen molar-refractivity contribution in [2.24, 2.45) is 5.92 Å². The van der Waals surface area contributed by atoms with Crippen molar-refractivity contribution in [3.05, 3.63) is 66.2 Å². The third kappa shape index (κ3) is 5.59. The van der Waals surface area contributed by atoms with Gasteiger partial charge in [0.1, 0.15) is 12.4 Å². The molecule has 1 unspecified atom stereocenters. The molecule has 3 aromatic rings. The number of nitrogens with one attached hydrogen (secondary N) is 2. The summed E-state index contributed by atoms with van der Waals surface area (Å²) in [7, 11) is -3.69. The molecule has 0 bridgehead atoms. The van der Waals surface area contributed by atoms with Gasteiger partial charge in [-0.15, -0.1) is 0 Å². The molecule has 1 aliphatic carbocycles. The molecule has 1 atom stereocenters. The second-order valence-electron chi connectivity index (χ2n) is 9.04. The van der Waals surface area contributed by atoms with E-state index in [4.69, 9.17) is 4.74 Å². The Balaban J connectivity index is 1.59. The number of carbonyl (C=O) groups is 1. The quantitative estimate of drug-likeness (QED) is 0.438. The predicted molar refractivity (Wildman–Crippen MR) is 135 cm³/mol. The van der Waals surface area contributed by atoms with Crippen molar-refractivity contribution in [2.45, 2.75) is 63.5 Å². The van der Waals surface area contributed by atoms with Crippen molar-refractivity contribution >= 4 is 32.4 Å². The highest BCUT2D eigenvalue weighted by molar-refractivity contribution is 7.89. The van der Waals surface area contributed by atoms with E-state index in [1.165, 1.54) is 13.3 Å². The zero-order valence-electron chi connectivity index (χ0n) is 19.7. The summed E-state index contributed by atoms with van der Waals surface area (Å²) in [4.78, 5) is 11.8. The molecule has 1 aliphatic rings. The Labute approximate surface area is 201 Å². The minimum atomic E-state index is -3.69. The molecule has 7 heteroatoms. The maximum Gasteiger partial charge on any atom is 0.241 e. The fourth-order valence-electron chi connectivity index (χ4n) is 4.76. The summed E-state index contributed by atoms with van der Waals surface area (Å²) >= 11 is 0. The first-order valence-electron chi connectivity index (χ1n) is 11.9. The van der Waals surface area contributed by atoms with Crippen LogP contribution in [0.15, 0.2) is 65.6 Å². The Bertz CT molecular complexity index is 1270.